The Morgan fingerprint density at radius 3 is 2.03 bits per heavy atom. The molecule has 0 spiro atoms. The van der Waals surface area contributed by atoms with Gasteiger partial charge in [-0.15, -0.1) is 0 Å². The highest BCUT2D eigenvalue weighted by molar-refractivity contribution is 9.10. The maximum Gasteiger partial charge on any atom is 0.206 e. The Balaban J connectivity index is 0.000000166. The van der Waals surface area contributed by atoms with E-state index in [-0.39, 0.29) is 10.9 Å². The maximum atomic E-state index is 12.4. The molecule has 0 saturated heterocycles. The van der Waals surface area contributed by atoms with Crippen molar-refractivity contribution in [1.82, 2.24) is 0 Å². The highest BCUT2D eigenvalue weighted by atomic mass is 79.9. The second-order valence-electron chi connectivity index (χ2n) is 6.62. The molecular formula is C25H17BrO5. The summed E-state index contributed by atoms with van der Waals surface area (Å²) >= 11 is 3.11. The minimum atomic E-state index is -0.0323. The van der Waals surface area contributed by atoms with E-state index >= 15 is 0 Å². The van der Waals surface area contributed by atoms with Gasteiger partial charge in [-0.05, 0) is 57.9 Å². The van der Waals surface area contributed by atoms with E-state index < -0.39 is 0 Å². The minimum Gasteiger partial charge on any atom is -0.497 e. The second kappa shape index (κ2) is 9.02. The number of methoxy groups -OCH3 is 1. The molecule has 6 heteroatoms. The van der Waals surface area contributed by atoms with Gasteiger partial charge < -0.3 is 13.6 Å². The van der Waals surface area contributed by atoms with E-state index in [1.807, 2.05) is 48.5 Å². The monoisotopic (exact) mass is 476 g/mol. The molecule has 5 nitrogen and oxygen atoms in total. The molecule has 3 aromatic carbocycles. The summed E-state index contributed by atoms with van der Waals surface area (Å²) in [6.07, 6.45) is 2.91. The molecule has 154 valence electrons. The second-order valence-corrected chi connectivity index (χ2v) is 7.47. The van der Waals surface area contributed by atoms with Crippen LogP contribution in [0.4, 0.5) is 0 Å². The lowest BCUT2D eigenvalue weighted by Gasteiger charge is -2.04. The number of hydrogen-bond donors (Lipinski definition) is 0. The predicted molar refractivity (Wildman–Crippen MR) is 125 cm³/mol. The van der Waals surface area contributed by atoms with Crippen LogP contribution in [0, 0.1) is 0 Å². The molecule has 2 aromatic heterocycles. The fraction of sp³-hybridized carbons (Fsp3) is 0.0400. The van der Waals surface area contributed by atoms with Crippen LogP contribution in [-0.2, 0) is 0 Å². The molecule has 0 aliphatic carbocycles. The Labute approximate surface area is 185 Å². The summed E-state index contributed by atoms with van der Waals surface area (Å²) in [5, 5.41) is 1.19. The first-order chi connectivity index (χ1) is 15.1. The largest absolute Gasteiger partial charge is 0.497 e. The van der Waals surface area contributed by atoms with Crippen molar-refractivity contribution in [2.24, 2.45) is 0 Å². The average Bonchev–Trinajstić information content (AvgIpc) is 2.82. The minimum absolute atomic E-state index is 0.0307. The highest BCUT2D eigenvalue weighted by Crippen LogP contribution is 2.23. The highest BCUT2D eigenvalue weighted by Gasteiger charge is 2.09. The van der Waals surface area contributed by atoms with Crippen molar-refractivity contribution in [3.05, 3.63) is 110 Å². The molecule has 5 aromatic rings. The average molecular weight is 477 g/mol. The zero-order valence-corrected chi connectivity index (χ0v) is 18.1. The fourth-order valence-electron chi connectivity index (χ4n) is 3.12. The van der Waals surface area contributed by atoms with Gasteiger partial charge in [0.1, 0.15) is 33.9 Å². The van der Waals surface area contributed by atoms with Gasteiger partial charge in [0.15, 0.2) is 5.43 Å². The van der Waals surface area contributed by atoms with Crippen LogP contribution in [0.15, 0.2) is 108 Å². The molecular weight excluding hydrogens is 460 g/mol. The van der Waals surface area contributed by atoms with Gasteiger partial charge in [0.05, 0.1) is 23.4 Å². The Bertz CT molecular complexity index is 1480. The smallest absolute Gasteiger partial charge is 0.206 e. The number of para-hydroxylation sites is 2. The topological polar surface area (TPSA) is 69.7 Å². The third-order valence-corrected chi connectivity index (χ3v) is 5.25. The molecule has 2 heterocycles. The zero-order chi connectivity index (χ0) is 21.8. The predicted octanol–water partition coefficient (Wildman–Crippen LogP) is 6.02. The number of fused-ring (bicyclic) bond motifs is 2. The van der Waals surface area contributed by atoms with Gasteiger partial charge in [0, 0.05) is 0 Å². The Hall–Kier alpha value is -3.64. The summed E-state index contributed by atoms with van der Waals surface area (Å²) in [5.41, 5.74) is 2.48. The van der Waals surface area contributed by atoms with Crippen LogP contribution in [0.2, 0.25) is 0 Å². The number of benzene rings is 3. The third kappa shape index (κ3) is 4.29. The number of hydrogen-bond acceptors (Lipinski definition) is 5. The van der Waals surface area contributed by atoms with Crippen LogP contribution < -0.4 is 15.6 Å². The molecule has 0 bridgehead atoms. The van der Waals surface area contributed by atoms with Crippen molar-refractivity contribution in [2.45, 2.75) is 0 Å². The standard InChI is InChI=1S/C16H12O3.C9H5BrO2/c1-18-12-6-4-5-11(9-12)14-10-19-15-8-3-2-7-13(15)16(14)17;10-7-5-12-8-4-2-1-3-6(8)9(7)11/h2-10H,1H3;1-5H. The SMILES string of the molecule is COc1cccc(-c2coc3ccccc3c2=O)c1.O=c1c(Br)coc2ccccc12. The molecule has 0 saturated carbocycles. The van der Waals surface area contributed by atoms with E-state index in [0.29, 0.717) is 37.7 Å². The number of ether oxygens (including phenoxy) is 1. The molecule has 31 heavy (non-hydrogen) atoms. The Morgan fingerprint density at radius 1 is 0.742 bits per heavy atom. The van der Waals surface area contributed by atoms with Crippen molar-refractivity contribution in [3.63, 3.8) is 0 Å². The third-order valence-electron chi connectivity index (χ3n) is 4.70. The van der Waals surface area contributed by atoms with E-state index in [0.717, 1.165) is 5.56 Å². The van der Waals surface area contributed by atoms with E-state index in [1.54, 1.807) is 31.4 Å². The lowest BCUT2D eigenvalue weighted by Crippen LogP contribution is -2.04. The zero-order valence-electron chi connectivity index (χ0n) is 16.5. The molecule has 0 aliphatic rings. The van der Waals surface area contributed by atoms with Crippen LogP contribution in [0.5, 0.6) is 5.75 Å². The van der Waals surface area contributed by atoms with Crippen LogP contribution in [0.3, 0.4) is 0 Å². The first-order valence-electron chi connectivity index (χ1n) is 9.39. The van der Waals surface area contributed by atoms with Crippen molar-refractivity contribution in [2.75, 3.05) is 7.11 Å². The van der Waals surface area contributed by atoms with Crippen molar-refractivity contribution in [1.29, 1.82) is 0 Å². The van der Waals surface area contributed by atoms with E-state index in [2.05, 4.69) is 15.9 Å². The number of halogens is 1. The molecule has 5 rings (SSSR count). The van der Waals surface area contributed by atoms with Crippen LogP contribution in [-0.4, -0.2) is 7.11 Å². The summed E-state index contributed by atoms with van der Waals surface area (Å²) in [6, 6.07) is 21.8. The van der Waals surface area contributed by atoms with E-state index in [1.165, 1.54) is 12.5 Å². The normalized spacial score (nSPS) is 10.5. The van der Waals surface area contributed by atoms with Gasteiger partial charge in [0.2, 0.25) is 5.43 Å². The van der Waals surface area contributed by atoms with Gasteiger partial charge in [-0.25, -0.2) is 0 Å². The lowest BCUT2D eigenvalue weighted by atomic mass is 10.1. The lowest BCUT2D eigenvalue weighted by molar-refractivity contribution is 0.415. The first kappa shape index (κ1) is 20.6. The van der Waals surface area contributed by atoms with E-state index in [9.17, 15) is 9.59 Å². The van der Waals surface area contributed by atoms with Crippen molar-refractivity contribution in [3.8, 4) is 16.9 Å². The molecule has 0 aliphatic heterocycles. The Morgan fingerprint density at radius 2 is 1.35 bits per heavy atom. The molecule has 0 N–H and O–H groups in total. The van der Waals surface area contributed by atoms with Crippen molar-refractivity contribution < 1.29 is 13.6 Å². The van der Waals surface area contributed by atoms with Crippen LogP contribution in [0.25, 0.3) is 33.1 Å². The maximum absolute atomic E-state index is 12.4. The van der Waals surface area contributed by atoms with Gasteiger partial charge in [0.25, 0.3) is 0 Å². The summed E-state index contributed by atoms with van der Waals surface area (Å²) in [5.74, 6) is 0.713. The molecule has 0 fully saturated rings. The summed E-state index contributed by atoms with van der Waals surface area (Å²) in [4.78, 5) is 23.8. The van der Waals surface area contributed by atoms with Crippen LogP contribution >= 0.6 is 15.9 Å². The summed E-state index contributed by atoms with van der Waals surface area (Å²) in [6.45, 7) is 0. The molecule has 0 atom stereocenters. The first-order valence-corrected chi connectivity index (χ1v) is 10.2. The summed E-state index contributed by atoms with van der Waals surface area (Å²) < 4.78 is 16.3. The van der Waals surface area contributed by atoms with Gasteiger partial charge in [-0.1, -0.05) is 36.4 Å². The van der Waals surface area contributed by atoms with Gasteiger partial charge in [-0.2, -0.15) is 0 Å². The summed E-state index contributed by atoms with van der Waals surface area (Å²) in [7, 11) is 1.60. The van der Waals surface area contributed by atoms with E-state index in [4.69, 9.17) is 13.6 Å². The van der Waals surface area contributed by atoms with Gasteiger partial charge in [-0.3, -0.25) is 9.59 Å². The Kier molecular flexibility index (Phi) is 6.00. The van der Waals surface area contributed by atoms with Crippen molar-refractivity contribution >= 4 is 37.9 Å². The quantitative estimate of drug-likeness (QED) is 0.311. The van der Waals surface area contributed by atoms with Gasteiger partial charge >= 0.3 is 0 Å². The fourth-order valence-corrected chi connectivity index (χ4v) is 3.43. The molecule has 0 amide bonds. The van der Waals surface area contributed by atoms with Crippen LogP contribution in [0.1, 0.15) is 0 Å². The molecule has 0 unspecified atom stereocenters. The molecule has 0 radical (unpaired) electrons. The number of rotatable bonds is 2.